The van der Waals surface area contributed by atoms with Gasteiger partial charge in [-0.3, -0.25) is 9.59 Å². The Morgan fingerprint density at radius 3 is 2.64 bits per heavy atom. The van der Waals surface area contributed by atoms with E-state index >= 15 is 0 Å². The van der Waals surface area contributed by atoms with Crippen LogP contribution in [0.4, 0.5) is 0 Å². The number of Topliss-reactive ketones (excluding diaryl/α,β-unsaturated/α-hetero) is 1. The summed E-state index contributed by atoms with van der Waals surface area (Å²) >= 11 is 6.12. The summed E-state index contributed by atoms with van der Waals surface area (Å²) in [5, 5.41) is 10.4. The first-order chi connectivity index (χ1) is 11.9. The van der Waals surface area contributed by atoms with Gasteiger partial charge >= 0.3 is 5.97 Å². The molecule has 0 unspecified atom stereocenters. The second-order valence-corrected chi connectivity index (χ2v) is 7.25. The van der Waals surface area contributed by atoms with E-state index < -0.39 is 5.97 Å². The molecule has 0 spiro atoms. The first-order valence-corrected chi connectivity index (χ1v) is 9.35. The topological polar surface area (TPSA) is 70.2 Å². The van der Waals surface area contributed by atoms with Gasteiger partial charge in [0.1, 0.15) is 0 Å². The predicted octanol–water partition coefficient (Wildman–Crippen LogP) is 5.63. The van der Waals surface area contributed by atoms with Crippen LogP contribution in [-0.2, 0) is 11.2 Å². The molecule has 1 aromatic heterocycles. The molecule has 0 saturated heterocycles. The van der Waals surface area contributed by atoms with Crippen molar-refractivity contribution in [1.82, 2.24) is 4.98 Å². The van der Waals surface area contributed by atoms with Crippen LogP contribution in [0.1, 0.15) is 68.4 Å². The number of rotatable bonds is 10. The maximum absolute atomic E-state index is 12.9. The number of aromatic nitrogens is 1. The second-order valence-electron chi connectivity index (χ2n) is 6.81. The SMILES string of the molecule is CCCCCCc1[nH]c2ccc(Cl)cc2c1C(=O)C[C@H](C)CC(=O)O. The van der Waals surface area contributed by atoms with Crippen LogP contribution in [0.2, 0.25) is 5.02 Å². The zero-order valence-electron chi connectivity index (χ0n) is 14.9. The maximum Gasteiger partial charge on any atom is 0.303 e. The van der Waals surface area contributed by atoms with Crippen molar-refractivity contribution in [2.24, 2.45) is 5.92 Å². The highest BCUT2D eigenvalue weighted by Gasteiger charge is 2.21. The van der Waals surface area contributed by atoms with Crippen molar-refractivity contribution in [3.63, 3.8) is 0 Å². The second kappa shape index (κ2) is 9.04. The molecule has 2 rings (SSSR count). The van der Waals surface area contributed by atoms with Crippen molar-refractivity contribution in [2.45, 2.75) is 58.8 Å². The summed E-state index contributed by atoms with van der Waals surface area (Å²) in [6.07, 6.45) is 5.57. The Morgan fingerprint density at radius 1 is 1.20 bits per heavy atom. The highest BCUT2D eigenvalue weighted by molar-refractivity contribution is 6.31. The summed E-state index contributed by atoms with van der Waals surface area (Å²) in [6, 6.07) is 5.52. The Kier molecular flexibility index (Phi) is 7.06. The molecule has 0 aliphatic heterocycles. The van der Waals surface area contributed by atoms with Crippen molar-refractivity contribution in [3.8, 4) is 0 Å². The summed E-state index contributed by atoms with van der Waals surface area (Å²) in [6.45, 7) is 3.97. The minimum Gasteiger partial charge on any atom is -0.481 e. The van der Waals surface area contributed by atoms with Crippen LogP contribution in [0.5, 0.6) is 0 Å². The van der Waals surface area contributed by atoms with Crippen molar-refractivity contribution < 1.29 is 14.7 Å². The van der Waals surface area contributed by atoms with Crippen molar-refractivity contribution in [3.05, 3.63) is 34.5 Å². The summed E-state index contributed by atoms with van der Waals surface area (Å²) < 4.78 is 0. The number of ketones is 1. The lowest BCUT2D eigenvalue weighted by molar-refractivity contribution is -0.137. The molecule has 1 aromatic carbocycles. The number of H-pyrrole nitrogens is 1. The van der Waals surface area contributed by atoms with Gasteiger partial charge in [0.05, 0.1) is 0 Å². The molecular weight excluding hydrogens is 338 g/mol. The number of aromatic amines is 1. The number of carbonyl (C=O) groups is 2. The number of benzene rings is 1. The van der Waals surface area contributed by atoms with Crippen LogP contribution in [0, 0.1) is 5.92 Å². The molecule has 0 radical (unpaired) electrons. The highest BCUT2D eigenvalue weighted by atomic mass is 35.5. The molecule has 136 valence electrons. The molecule has 4 nitrogen and oxygen atoms in total. The summed E-state index contributed by atoms with van der Waals surface area (Å²) in [5.41, 5.74) is 2.54. The zero-order chi connectivity index (χ0) is 18.4. The molecule has 0 aliphatic rings. The minimum atomic E-state index is -0.873. The lowest BCUT2D eigenvalue weighted by Gasteiger charge is -2.09. The van der Waals surface area contributed by atoms with E-state index in [0.29, 0.717) is 10.6 Å². The van der Waals surface area contributed by atoms with Crippen LogP contribution >= 0.6 is 11.6 Å². The smallest absolute Gasteiger partial charge is 0.303 e. The van der Waals surface area contributed by atoms with Gasteiger partial charge in [-0.15, -0.1) is 0 Å². The van der Waals surface area contributed by atoms with Gasteiger partial charge in [0, 0.05) is 40.0 Å². The molecule has 0 amide bonds. The van der Waals surface area contributed by atoms with Gasteiger partial charge in [-0.1, -0.05) is 44.7 Å². The van der Waals surface area contributed by atoms with Gasteiger partial charge in [-0.25, -0.2) is 0 Å². The molecule has 0 aliphatic carbocycles. The molecule has 0 saturated carbocycles. The highest BCUT2D eigenvalue weighted by Crippen LogP contribution is 2.29. The number of halogens is 1. The van der Waals surface area contributed by atoms with Crippen LogP contribution in [0.15, 0.2) is 18.2 Å². The van der Waals surface area contributed by atoms with E-state index in [4.69, 9.17) is 16.7 Å². The standard InChI is InChI=1S/C20H26ClNO3/c1-3-4-5-6-7-17-20(18(23)10-13(2)11-19(24)25)15-12-14(21)8-9-16(15)22-17/h8-9,12-13,22H,3-7,10-11H2,1-2H3,(H,24,25)/t13-/m0/s1. The van der Waals surface area contributed by atoms with E-state index in [1.807, 2.05) is 18.2 Å². The molecule has 5 heteroatoms. The van der Waals surface area contributed by atoms with Crippen molar-refractivity contribution in [2.75, 3.05) is 0 Å². The molecule has 1 atom stereocenters. The van der Waals surface area contributed by atoms with Crippen LogP contribution < -0.4 is 0 Å². The third kappa shape index (κ3) is 5.33. The zero-order valence-corrected chi connectivity index (χ0v) is 15.7. The average molecular weight is 364 g/mol. The van der Waals surface area contributed by atoms with Gasteiger partial charge in [0.15, 0.2) is 5.78 Å². The number of hydrogen-bond donors (Lipinski definition) is 2. The summed E-state index contributed by atoms with van der Waals surface area (Å²) in [7, 11) is 0. The van der Waals surface area contributed by atoms with Crippen LogP contribution in [0.25, 0.3) is 10.9 Å². The number of carbonyl (C=O) groups excluding carboxylic acids is 1. The molecule has 0 bridgehead atoms. The van der Waals surface area contributed by atoms with E-state index in [9.17, 15) is 9.59 Å². The quantitative estimate of drug-likeness (QED) is 0.424. The van der Waals surface area contributed by atoms with Crippen molar-refractivity contribution in [1.29, 1.82) is 0 Å². The Hall–Kier alpha value is -1.81. The number of fused-ring (bicyclic) bond motifs is 1. The monoisotopic (exact) mass is 363 g/mol. The van der Waals surface area contributed by atoms with Gasteiger partial charge < -0.3 is 10.1 Å². The van der Waals surface area contributed by atoms with Crippen LogP contribution in [0.3, 0.4) is 0 Å². The van der Waals surface area contributed by atoms with E-state index in [1.165, 1.54) is 12.8 Å². The first kappa shape index (κ1) is 19.5. The molecule has 1 heterocycles. The molecular formula is C20H26ClNO3. The van der Waals surface area contributed by atoms with Gasteiger partial charge in [-0.05, 0) is 37.0 Å². The van der Waals surface area contributed by atoms with E-state index in [1.54, 1.807) is 6.92 Å². The molecule has 2 aromatic rings. The fourth-order valence-electron chi connectivity index (χ4n) is 3.24. The van der Waals surface area contributed by atoms with Crippen molar-refractivity contribution >= 4 is 34.3 Å². The molecule has 2 N–H and O–H groups in total. The number of nitrogens with one attached hydrogen (secondary N) is 1. The Labute approximate surface area is 153 Å². The van der Waals surface area contributed by atoms with Gasteiger partial charge in [-0.2, -0.15) is 0 Å². The number of hydrogen-bond acceptors (Lipinski definition) is 2. The van der Waals surface area contributed by atoms with Crippen LogP contribution in [-0.4, -0.2) is 21.8 Å². The summed E-state index contributed by atoms with van der Waals surface area (Å²) in [5.74, 6) is -1.07. The van der Waals surface area contributed by atoms with E-state index in [-0.39, 0.29) is 24.5 Å². The Morgan fingerprint density at radius 2 is 1.96 bits per heavy atom. The first-order valence-electron chi connectivity index (χ1n) is 8.97. The maximum atomic E-state index is 12.9. The number of aryl methyl sites for hydroxylation is 1. The Balaban J connectivity index is 2.28. The molecule has 0 fully saturated rings. The number of aliphatic carboxylic acids is 1. The summed E-state index contributed by atoms with van der Waals surface area (Å²) in [4.78, 5) is 27.1. The third-order valence-corrected chi connectivity index (χ3v) is 4.69. The lowest BCUT2D eigenvalue weighted by atomic mass is 9.94. The van der Waals surface area contributed by atoms with E-state index in [0.717, 1.165) is 35.9 Å². The average Bonchev–Trinajstić information content (AvgIpc) is 2.88. The van der Waals surface area contributed by atoms with Gasteiger partial charge in [0.2, 0.25) is 0 Å². The number of carboxylic acids is 1. The lowest BCUT2D eigenvalue weighted by Crippen LogP contribution is -2.11. The normalized spacial score (nSPS) is 12.4. The Bertz CT molecular complexity index is 751. The fraction of sp³-hybridized carbons (Fsp3) is 0.500. The third-order valence-electron chi connectivity index (χ3n) is 4.45. The molecule has 25 heavy (non-hydrogen) atoms. The fourth-order valence-corrected chi connectivity index (χ4v) is 3.42. The number of unbranched alkanes of at least 4 members (excludes halogenated alkanes) is 3. The minimum absolute atomic E-state index is 0.000679. The van der Waals surface area contributed by atoms with E-state index in [2.05, 4.69) is 11.9 Å². The number of carboxylic acid groups (broad SMARTS) is 1. The predicted molar refractivity (Wildman–Crippen MR) is 102 cm³/mol. The van der Waals surface area contributed by atoms with Gasteiger partial charge in [0.25, 0.3) is 0 Å². The largest absolute Gasteiger partial charge is 0.481 e.